The molecule has 4 unspecified atom stereocenters. The number of nitrogens with two attached hydrogens (primary N) is 2. The van der Waals surface area contributed by atoms with Gasteiger partial charge in [0.2, 0.25) is 0 Å². The van der Waals surface area contributed by atoms with Gasteiger partial charge < -0.3 is 15.4 Å². The van der Waals surface area contributed by atoms with Crippen LogP contribution >= 0.6 is 23.2 Å². The van der Waals surface area contributed by atoms with Crippen molar-refractivity contribution < 1.29 is 13.7 Å². The monoisotopic (exact) mass is 583 g/mol. The Hall–Kier alpha value is -2.17. The SMILES string of the molecule is CCC(CS(=O)C(C)(C)C)N1C(=O)C(C/C(N)=N/N(C)N)OCC1c1ccc(Cl)cc1.Clc1ccccc1. The van der Waals surface area contributed by atoms with Crippen molar-refractivity contribution >= 4 is 45.7 Å². The molecule has 210 valence electrons. The second kappa shape index (κ2) is 14.8. The average Bonchev–Trinajstić information content (AvgIpc) is 2.84. The molecule has 4 atom stereocenters. The number of halogens is 2. The van der Waals surface area contributed by atoms with Crippen LogP contribution in [0.1, 0.15) is 52.1 Å². The molecule has 0 aliphatic carbocycles. The molecular formula is C27H39Cl2N5O3S. The number of amides is 1. The Bertz CT molecular complexity index is 1080. The van der Waals surface area contributed by atoms with Gasteiger partial charge in [-0.3, -0.25) is 9.00 Å². The van der Waals surface area contributed by atoms with Crippen LogP contribution in [0.3, 0.4) is 0 Å². The van der Waals surface area contributed by atoms with Crippen LogP contribution < -0.4 is 11.6 Å². The third-order valence-electron chi connectivity index (χ3n) is 5.88. The van der Waals surface area contributed by atoms with Gasteiger partial charge in [0.15, 0.2) is 0 Å². The van der Waals surface area contributed by atoms with Crippen molar-refractivity contribution in [3.8, 4) is 0 Å². The summed E-state index contributed by atoms with van der Waals surface area (Å²) in [4.78, 5) is 15.4. The van der Waals surface area contributed by atoms with Gasteiger partial charge in [0.05, 0.1) is 12.6 Å². The van der Waals surface area contributed by atoms with Crippen molar-refractivity contribution in [2.24, 2.45) is 16.7 Å². The number of nitrogens with zero attached hydrogens (tertiary/aromatic N) is 3. The molecule has 0 saturated carbocycles. The molecule has 0 aromatic heterocycles. The second-order valence-electron chi connectivity index (χ2n) is 9.99. The minimum atomic E-state index is -1.12. The van der Waals surface area contributed by atoms with Crippen molar-refractivity contribution in [3.63, 3.8) is 0 Å². The van der Waals surface area contributed by atoms with Gasteiger partial charge in [-0.15, -0.1) is 5.10 Å². The Balaban J connectivity index is 0.000000624. The first-order valence-corrected chi connectivity index (χ1v) is 14.5. The van der Waals surface area contributed by atoms with Crippen molar-refractivity contribution in [1.29, 1.82) is 0 Å². The highest BCUT2D eigenvalue weighted by atomic mass is 35.5. The fourth-order valence-corrected chi connectivity index (χ4v) is 5.39. The quantitative estimate of drug-likeness (QED) is 0.201. The number of carbonyl (C=O) groups is 1. The molecule has 2 aromatic carbocycles. The van der Waals surface area contributed by atoms with Gasteiger partial charge in [0.1, 0.15) is 11.9 Å². The topological polar surface area (TPSA) is 114 Å². The molecule has 11 heteroatoms. The highest BCUT2D eigenvalue weighted by molar-refractivity contribution is 7.86. The maximum absolute atomic E-state index is 13.5. The van der Waals surface area contributed by atoms with Crippen LogP contribution in [0.4, 0.5) is 0 Å². The van der Waals surface area contributed by atoms with Crippen LogP contribution in [0.5, 0.6) is 0 Å². The van der Waals surface area contributed by atoms with E-state index >= 15 is 0 Å². The Kier molecular flexibility index (Phi) is 12.5. The van der Waals surface area contributed by atoms with E-state index in [0.717, 1.165) is 15.7 Å². The molecule has 4 N–H and O–H groups in total. The van der Waals surface area contributed by atoms with E-state index in [0.29, 0.717) is 23.8 Å². The van der Waals surface area contributed by atoms with E-state index in [9.17, 15) is 9.00 Å². The third kappa shape index (κ3) is 9.85. The van der Waals surface area contributed by atoms with Crippen LogP contribution in [0.25, 0.3) is 0 Å². The number of hydrogen-bond acceptors (Lipinski definition) is 6. The van der Waals surface area contributed by atoms with E-state index in [2.05, 4.69) is 5.10 Å². The predicted molar refractivity (Wildman–Crippen MR) is 157 cm³/mol. The molecule has 3 rings (SSSR count). The molecule has 2 aromatic rings. The zero-order valence-electron chi connectivity index (χ0n) is 22.6. The van der Waals surface area contributed by atoms with Gasteiger partial charge >= 0.3 is 0 Å². The smallest absolute Gasteiger partial charge is 0.253 e. The number of ether oxygens (including phenoxy) is 1. The molecule has 1 fully saturated rings. The number of hydrazine groups is 1. The minimum Gasteiger partial charge on any atom is -0.386 e. The summed E-state index contributed by atoms with van der Waals surface area (Å²) >= 11 is 11.6. The van der Waals surface area contributed by atoms with Gasteiger partial charge in [-0.25, -0.2) is 11.0 Å². The van der Waals surface area contributed by atoms with Gasteiger partial charge in [-0.1, -0.05) is 60.5 Å². The zero-order valence-corrected chi connectivity index (χ0v) is 25.0. The lowest BCUT2D eigenvalue weighted by atomic mass is 9.99. The predicted octanol–water partition coefficient (Wildman–Crippen LogP) is 4.74. The first kappa shape index (κ1) is 32.0. The maximum atomic E-state index is 13.5. The molecule has 0 radical (unpaired) electrons. The van der Waals surface area contributed by atoms with E-state index < -0.39 is 16.9 Å². The lowest BCUT2D eigenvalue weighted by Gasteiger charge is -2.44. The molecule has 0 spiro atoms. The standard InChI is InChI=1S/C21H34ClN5O3S.C6H5Cl/c1-6-16(13-31(29)21(2,3)4)27-17(14-7-9-15(22)10-8-14)12-30-18(20(27)28)11-19(23)25-26(5)24;7-6-4-2-1-3-5-6/h7-10,16-18H,6,11-13,24H2,1-5H3,(H2,23,25);1-5H. The molecule has 1 aliphatic rings. The van der Waals surface area contributed by atoms with Crippen LogP contribution in [-0.2, 0) is 20.3 Å². The third-order valence-corrected chi connectivity index (χ3v) is 8.44. The van der Waals surface area contributed by atoms with Gasteiger partial charge in [-0.05, 0) is 57.0 Å². The molecule has 1 heterocycles. The summed E-state index contributed by atoms with van der Waals surface area (Å²) in [6, 6.07) is 16.3. The van der Waals surface area contributed by atoms with Crippen LogP contribution in [0.2, 0.25) is 10.0 Å². The summed E-state index contributed by atoms with van der Waals surface area (Å²) in [6.45, 7) is 8.12. The lowest BCUT2D eigenvalue weighted by Crippen LogP contribution is -2.56. The van der Waals surface area contributed by atoms with Crippen molar-refractivity contribution in [2.75, 3.05) is 19.4 Å². The molecule has 38 heavy (non-hydrogen) atoms. The number of amidine groups is 1. The summed E-state index contributed by atoms with van der Waals surface area (Å²) < 4.78 is 18.5. The minimum absolute atomic E-state index is 0.128. The molecule has 1 aliphatic heterocycles. The van der Waals surface area contributed by atoms with Crippen molar-refractivity contribution in [2.45, 2.75) is 63.5 Å². The van der Waals surface area contributed by atoms with E-state index in [1.807, 2.05) is 75.1 Å². The summed E-state index contributed by atoms with van der Waals surface area (Å²) in [5, 5.41) is 6.46. The molecule has 1 amide bonds. The normalized spacial score (nSPS) is 19.8. The Morgan fingerprint density at radius 1 is 1.16 bits per heavy atom. The highest BCUT2D eigenvalue weighted by Crippen LogP contribution is 2.32. The summed E-state index contributed by atoms with van der Waals surface area (Å²) in [5.41, 5.74) is 6.85. The van der Waals surface area contributed by atoms with Gasteiger partial charge in [0.25, 0.3) is 5.91 Å². The van der Waals surface area contributed by atoms with Crippen LogP contribution in [0, 0.1) is 0 Å². The van der Waals surface area contributed by atoms with E-state index in [-0.39, 0.29) is 35.0 Å². The number of carbonyl (C=O) groups excluding carboxylic acids is 1. The first-order valence-electron chi connectivity index (χ1n) is 12.4. The fourth-order valence-electron chi connectivity index (χ4n) is 3.87. The Morgan fingerprint density at radius 2 is 1.74 bits per heavy atom. The van der Waals surface area contributed by atoms with E-state index in [1.54, 1.807) is 19.2 Å². The Morgan fingerprint density at radius 3 is 2.21 bits per heavy atom. The molecule has 1 saturated heterocycles. The number of hydrazone groups is 1. The van der Waals surface area contributed by atoms with E-state index in [4.69, 9.17) is 39.5 Å². The second-order valence-corrected chi connectivity index (χ2v) is 13.1. The summed E-state index contributed by atoms with van der Waals surface area (Å²) in [5.74, 6) is 5.92. The average molecular weight is 585 g/mol. The maximum Gasteiger partial charge on any atom is 0.253 e. The first-order chi connectivity index (χ1) is 17.8. The lowest BCUT2D eigenvalue weighted by molar-refractivity contribution is -0.162. The number of hydrogen-bond donors (Lipinski definition) is 2. The van der Waals surface area contributed by atoms with E-state index in [1.165, 1.54) is 0 Å². The van der Waals surface area contributed by atoms with Crippen LogP contribution in [-0.4, -0.2) is 62.3 Å². The summed E-state index contributed by atoms with van der Waals surface area (Å²) in [6.07, 6.45) is 0.0204. The number of morpholine rings is 1. The van der Waals surface area contributed by atoms with Crippen molar-refractivity contribution in [1.82, 2.24) is 10.0 Å². The number of benzene rings is 2. The summed E-state index contributed by atoms with van der Waals surface area (Å²) in [7, 11) is 0.434. The van der Waals surface area contributed by atoms with Gasteiger partial charge in [0, 0.05) is 50.9 Å². The molecule has 8 nitrogen and oxygen atoms in total. The highest BCUT2D eigenvalue weighted by Gasteiger charge is 2.41. The van der Waals surface area contributed by atoms with Gasteiger partial charge in [-0.2, -0.15) is 0 Å². The Labute approximate surface area is 238 Å². The largest absolute Gasteiger partial charge is 0.386 e. The van der Waals surface area contributed by atoms with Crippen LogP contribution in [0.15, 0.2) is 59.7 Å². The zero-order chi connectivity index (χ0) is 28.5. The number of rotatable bonds is 8. The molecular weight excluding hydrogens is 545 g/mol. The molecule has 0 bridgehead atoms. The fraction of sp³-hybridized carbons (Fsp3) is 0.481. The van der Waals surface area contributed by atoms with Crippen molar-refractivity contribution in [3.05, 3.63) is 70.2 Å².